The molecule has 0 spiro atoms. The topological polar surface area (TPSA) is 29.3 Å². The zero-order valence-electron chi connectivity index (χ0n) is 9.70. The second-order valence-corrected chi connectivity index (χ2v) is 4.73. The molecule has 2 atom stereocenters. The lowest BCUT2D eigenvalue weighted by atomic mass is 9.90. The van der Waals surface area contributed by atoms with Gasteiger partial charge in [0.15, 0.2) is 0 Å². The predicted molar refractivity (Wildman–Crippen MR) is 64.9 cm³/mol. The maximum atomic E-state index is 14.3. The lowest BCUT2D eigenvalue weighted by molar-refractivity contribution is 0.126. The maximum absolute atomic E-state index is 14.3. The van der Waals surface area contributed by atoms with Crippen molar-refractivity contribution in [3.63, 3.8) is 0 Å². The molecule has 0 radical (unpaired) electrons. The number of benzene rings is 1. The minimum absolute atomic E-state index is 0.127. The van der Waals surface area contributed by atoms with E-state index in [0.717, 1.165) is 31.5 Å². The van der Waals surface area contributed by atoms with Crippen LogP contribution in [0.5, 0.6) is 0 Å². The summed E-state index contributed by atoms with van der Waals surface area (Å²) in [5, 5.41) is 0. The summed E-state index contributed by atoms with van der Waals surface area (Å²) in [6.45, 7) is 1.94. The van der Waals surface area contributed by atoms with Gasteiger partial charge in [-0.15, -0.1) is 0 Å². The molecule has 88 valence electrons. The molecule has 1 fully saturated rings. The van der Waals surface area contributed by atoms with Crippen LogP contribution in [0.15, 0.2) is 24.3 Å². The summed E-state index contributed by atoms with van der Waals surface area (Å²) >= 11 is 0. The first kappa shape index (κ1) is 11.4. The number of rotatable bonds is 2. The molecule has 1 saturated heterocycles. The van der Waals surface area contributed by atoms with Crippen molar-refractivity contribution in [2.45, 2.75) is 19.0 Å². The third-order valence-corrected chi connectivity index (χ3v) is 3.33. The van der Waals surface area contributed by atoms with Crippen molar-refractivity contribution in [2.75, 3.05) is 25.9 Å². The molecule has 3 heteroatoms. The van der Waals surface area contributed by atoms with Crippen LogP contribution in [0.4, 0.5) is 10.1 Å². The molecule has 2 unspecified atom stereocenters. The van der Waals surface area contributed by atoms with E-state index in [1.165, 1.54) is 0 Å². The first-order valence-corrected chi connectivity index (χ1v) is 5.85. The molecule has 1 aliphatic rings. The molecule has 1 aliphatic heterocycles. The van der Waals surface area contributed by atoms with Crippen molar-refractivity contribution in [1.82, 2.24) is 4.90 Å². The van der Waals surface area contributed by atoms with Gasteiger partial charge in [0.1, 0.15) is 6.17 Å². The van der Waals surface area contributed by atoms with E-state index >= 15 is 0 Å². The number of hydrogen-bond acceptors (Lipinski definition) is 2. The molecule has 0 amide bonds. The van der Waals surface area contributed by atoms with E-state index in [0.29, 0.717) is 5.69 Å². The first-order valence-electron chi connectivity index (χ1n) is 5.85. The predicted octanol–water partition coefficient (Wildman–Crippen LogP) is 2.62. The van der Waals surface area contributed by atoms with Crippen molar-refractivity contribution in [2.24, 2.45) is 5.92 Å². The molecular weight excluding hydrogens is 203 g/mol. The molecule has 1 aromatic carbocycles. The van der Waals surface area contributed by atoms with Gasteiger partial charge in [-0.25, -0.2) is 4.39 Å². The van der Waals surface area contributed by atoms with Crippen molar-refractivity contribution in [3.05, 3.63) is 29.8 Å². The Morgan fingerprint density at radius 2 is 2.06 bits per heavy atom. The van der Waals surface area contributed by atoms with Crippen LogP contribution in [0.25, 0.3) is 0 Å². The van der Waals surface area contributed by atoms with Crippen LogP contribution in [-0.2, 0) is 0 Å². The molecule has 2 rings (SSSR count). The number of likely N-dealkylation sites (tertiary alicyclic amines) is 1. The summed E-state index contributed by atoms with van der Waals surface area (Å²) in [5.41, 5.74) is 7.05. The molecule has 16 heavy (non-hydrogen) atoms. The Kier molecular flexibility index (Phi) is 3.44. The standard InChI is InChI=1S/C13H19FN2/c1-16-8-2-3-11(9-16)13(14)10-4-6-12(15)7-5-10/h4-7,11,13H,2-3,8-9,15H2,1H3. The highest BCUT2D eigenvalue weighted by Gasteiger charge is 2.26. The van der Waals surface area contributed by atoms with Gasteiger partial charge in [-0.3, -0.25) is 0 Å². The fourth-order valence-electron chi connectivity index (χ4n) is 2.40. The van der Waals surface area contributed by atoms with Crippen molar-refractivity contribution < 1.29 is 4.39 Å². The van der Waals surface area contributed by atoms with Gasteiger partial charge in [-0.1, -0.05) is 12.1 Å². The number of nitrogens with two attached hydrogens (primary N) is 1. The molecule has 0 aromatic heterocycles. The minimum Gasteiger partial charge on any atom is -0.399 e. The fraction of sp³-hybridized carbons (Fsp3) is 0.538. The number of hydrogen-bond donors (Lipinski definition) is 1. The monoisotopic (exact) mass is 222 g/mol. The fourth-order valence-corrected chi connectivity index (χ4v) is 2.40. The summed E-state index contributed by atoms with van der Waals surface area (Å²) in [5.74, 6) is 0.127. The van der Waals surface area contributed by atoms with Gasteiger partial charge in [0.05, 0.1) is 0 Å². The molecule has 2 nitrogen and oxygen atoms in total. The van der Waals surface area contributed by atoms with Crippen molar-refractivity contribution in [1.29, 1.82) is 0 Å². The summed E-state index contributed by atoms with van der Waals surface area (Å²) in [7, 11) is 2.06. The van der Waals surface area contributed by atoms with E-state index in [2.05, 4.69) is 11.9 Å². The molecule has 1 heterocycles. The van der Waals surface area contributed by atoms with Crippen LogP contribution < -0.4 is 5.73 Å². The van der Waals surface area contributed by atoms with E-state index in [-0.39, 0.29) is 5.92 Å². The van der Waals surface area contributed by atoms with Crippen LogP contribution in [0.2, 0.25) is 0 Å². The Hall–Kier alpha value is -1.09. The largest absolute Gasteiger partial charge is 0.399 e. The third kappa shape index (κ3) is 2.53. The number of halogens is 1. The first-order chi connectivity index (χ1) is 7.66. The van der Waals surface area contributed by atoms with Gasteiger partial charge in [0.25, 0.3) is 0 Å². The maximum Gasteiger partial charge on any atom is 0.129 e. The summed E-state index contributed by atoms with van der Waals surface area (Å²) < 4.78 is 14.3. The lowest BCUT2D eigenvalue weighted by Gasteiger charge is -2.31. The molecule has 0 bridgehead atoms. The SMILES string of the molecule is CN1CCCC(C(F)c2ccc(N)cc2)C1. The van der Waals surface area contributed by atoms with Crippen molar-refractivity contribution in [3.8, 4) is 0 Å². The number of nitrogen functional groups attached to an aromatic ring is 1. The second kappa shape index (κ2) is 4.83. The number of piperidine rings is 1. The highest BCUT2D eigenvalue weighted by atomic mass is 19.1. The van der Waals surface area contributed by atoms with Crippen LogP contribution in [0.3, 0.4) is 0 Å². The zero-order valence-corrected chi connectivity index (χ0v) is 9.70. The normalized spacial score (nSPS) is 24.2. The molecule has 0 saturated carbocycles. The molecule has 0 aliphatic carbocycles. The number of anilines is 1. The summed E-state index contributed by atoms with van der Waals surface area (Å²) in [6, 6.07) is 7.14. The molecular formula is C13H19FN2. The van der Waals surface area contributed by atoms with Gasteiger partial charge >= 0.3 is 0 Å². The number of alkyl halides is 1. The van der Waals surface area contributed by atoms with Gasteiger partial charge in [0, 0.05) is 18.2 Å². The van der Waals surface area contributed by atoms with Crippen LogP contribution in [0.1, 0.15) is 24.6 Å². The Morgan fingerprint density at radius 1 is 1.38 bits per heavy atom. The summed E-state index contributed by atoms with van der Waals surface area (Å²) in [4.78, 5) is 2.21. The van der Waals surface area contributed by atoms with E-state index in [1.807, 2.05) is 0 Å². The van der Waals surface area contributed by atoms with Crippen LogP contribution >= 0.6 is 0 Å². The van der Waals surface area contributed by atoms with Gasteiger partial charge in [0.2, 0.25) is 0 Å². The van der Waals surface area contributed by atoms with Crippen LogP contribution in [0, 0.1) is 5.92 Å². The molecule has 2 N–H and O–H groups in total. The average Bonchev–Trinajstić information content (AvgIpc) is 2.29. The Morgan fingerprint density at radius 3 is 2.69 bits per heavy atom. The quantitative estimate of drug-likeness (QED) is 0.779. The summed E-state index contributed by atoms with van der Waals surface area (Å²) in [6.07, 6.45) is 1.22. The van der Waals surface area contributed by atoms with E-state index in [4.69, 9.17) is 5.73 Å². The Bertz CT molecular complexity index is 336. The highest BCUT2D eigenvalue weighted by molar-refractivity contribution is 5.40. The van der Waals surface area contributed by atoms with Gasteiger partial charge in [-0.05, 0) is 44.1 Å². The van der Waals surface area contributed by atoms with E-state index in [9.17, 15) is 4.39 Å². The highest BCUT2D eigenvalue weighted by Crippen LogP contribution is 2.32. The van der Waals surface area contributed by atoms with Crippen molar-refractivity contribution >= 4 is 5.69 Å². The number of nitrogens with zero attached hydrogens (tertiary/aromatic N) is 1. The minimum atomic E-state index is -0.858. The third-order valence-electron chi connectivity index (χ3n) is 3.33. The average molecular weight is 222 g/mol. The van der Waals surface area contributed by atoms with E-state index < -0.39 is 6.17 Å². The Labute approximate surface area is 96.2 Å². The molecule has 1 aromatic rings. The smallest absolute Gasteiger partial charge is 0.129 e. The Balaban J connectivity index is 2.06. The second-order valence-electron chi connectivity index (χ2n) is 4.73. The zero-order chi connectivity index (χ0) is 11.5. The lowest BCUT2D eigenvalue weighted by Crippen LogP contribution is -2.34. The van der Waals surface area contributed by atoms with Gasteiger partial charge < -0.3 is 10.6 Å². The van der Waals surface area contributed by atoms with Gasteiger partial charge in [-0.2, -0.15) is 0 Å². The van der Waals surface area contributed by atoms with Crippen LogP contribution in [-0.4, -0.2) is 25.0 Å². The van der Waals surface area contributed by atoms with E-state index in [1.54, 1.807) is 24.3 Å².